The van der Waals surface area contributed by atoms with Gasteiger partial charge in [-0.25, -0.2) is 4.98 Å². The van der Waals surface area contributed by atoms with Gasteiger partial charge >= 0.3 is 0 Å². The molecule has 0 aliphatic heterocycles. The number of aryl methyl sites for hydroxylation is 1. The fourth-order valence-electron chi connectivity index (χ4n) is 4.63. The highest BCUT2D eigenvalue weighted by Gasteiger charge is 2.54. The first kappa shape index (κ1) is 24.0. The first-order valence-corrected chi connectivity index (χ1v) is 13.0. The lowest BCUT2D eigenvalue weighted by Crippen LogP contribution is -3.00. The molecule has 5 rings (SSSR count). The molecule has 1 unspecified atom stereocenters. The maximum atomic E-state index is 5.37. The van der Waals surface area contributed by atoms with Crippen LogP contribution in [0.1, 0.15) is 5.56 Å². The van der Waals surface area contributed by atoms with E-state index in [9.17, 15) is 0 Å². The Morgan fingerprint density at radius 1 is 0.765 bits per heavy atom. The Kier molecular flexibility index (Phi) is 7.36. The first-order valence-electron chi connectivity index (χ1n) is 11.1. The highest BCUT2D eigenvalue weighted by molar-refractivity contribution is 7.96. The Hall–Kier alpha value is -3.13. The quantitative estimate of drug-likeness (QED) is 0.375. The van der Waals surface area contributed by atoms with E-state index in [-0.39, 0.29) is 22.6 Å². The number of halogens is 1. The van der Waals surface area contributed by atoms with Gasteiger partial charge in [-0.1, -0.05) is 73.3 Å². The van der Waals surface area contributed by atoms with Gasteiger partial charge in [0.15, 0.2) is 5.44 Å². The second kappa shape index (κ2) is 10.4. The molecule has 2 aromatic heterocycles. The summed E-state index contributed by atoms with van der Waals surface area (Å²) in [5.74, 6) is 0. The highest BCUT2D eigenvalue weighted by atomic mass is 79.9. The van der Waals surface area contributed by atoms with Crippen molar-refractivity contribution < 1.29 is 17.0 Å². The van der Waals surface area contributed by atoms with Crippen LogP contribution >= 0.6 is 7.26 Å². The Balaban J connectivity index is 0.00000274. The Morgan fingerprint density at radius 2 is 1.41 bits per heavy atom. The van der Waals surface area contributed by atoms with Gasteiger partial charge in [0, 0.05) is 12.3 Å². The van der Waals surface area contributed by atoms with E-state index in [0.29, 0.717) is 0 Å². The van der Waals surface area contributed by atoms with Crippen LogP contribution in [-0.2, 0) is 0 Å². The molecule has 4 heteroatoms. The van der Waals surface area contributed by atoms with E-state index < -0.39 is 7.26 Å². The van der Waals surface area contributed by atoms with Gasteiger partial charge in [0.2, 0.25) is 0 Å². The fourth-order valence-corrected chi connectivity index (χ4v) is 9.18. The van der Waals surface area contributed by atoms with E-state index in [4.69, 9.17) is 4.98 Å². The van der Waals surface area contributed by atoms with Crippen LogP contribution in [0.15, 0.2) is 134 Å². The fraction of sp³-hybridized carbons (Fsp3) is 0.0667. The van der Waals surface area contributed by atoms with E-state index in [0.717, 1.165) is 28.0 Å². The predicted molar refractivity (Wildman–Crippen MR) is 142 cm³/mol. The van der Waals surface area contributed by atoms with Crippen LogP contribution in [0.3, 0.4) is 0 Å². The molecule has 0 spiro atoms. The van der Waals surface area contributed by atoms with Gasteiger partial charge in [0.25, 0.3) is 0 Å². The average Bonchev–Trinajstić information content (AvgIpc) is 2.88. The van der Waals surface area contributed by atoms with Crippen LogP contribution in [-0.4, -0.2) is 15.6 Å². The molecule has 2 heterocycles. The summed E-state index contributed by atoms with van der Waals surface area (Å²) in [6.45, 7) is 6.59. The van der Waals surface area contributed by atoms with Gasteiger partial charge in [-0.2, -0.15) is 0 Å². The third-order valence-corrected chi connectivity index (χ3v) is 10.7. The SMILES string of the molecule is C=C1C=CC=CC1[P+](c1ccccc1)(c1ccccc1)c1ccc(C)c(-c2ccccn2)n1.[Br-]. The van der Waals surface area contributed by atoms with Crippen molar-refractivity contribution in [3.63, 3.8) is 0 Å². The number of hydrogen-bond acceptors (Lipinski definition) is 2. The Labute approximate surface area is 212 Å². The minimum absolute atomic E-state index is 0. The lowest BCUT2D eigenvalue weighted by Gasteiger charge is -2.33. The van der Waals surface area contributed by atoms with Crippen LogP contribution in [0.4, 0.5) is 0 Å². The van der Waals surface area contributed by atoms with Gasteiger partial charge in [-0.15, -0.1) is 0 Å². The summed E-state index contributed by atoms with van der Waals surface area (Å²) in [7, 11) is -2.23. The molecular weight excluding hydrogens is 499 g/mol. The number of rotatable bonds is 5. The molecule has 0 radical (unpaired) electrons. The second-order valence-electron chi connectivity index (χ2n) is 8.21. The number of benzene rings is 2. The summed E-state index contributed by atoms with van der Waals surface area (Å²) in [4.78, 5) is 9.98. The third-order valence-electron chi connectivity index (χ3n) is 6.19. The van der Waals surface area contributed by atoms with Crippen molar-refractivity contribution in [3.8, 4) is 11.4 Å². The molecule has 2 aromatic carbocycles. The maximum absolute atomic E-state index is 5.37. The number of nitrogens with zero attached hydrogens (tertiary/aromatic N) is 2. The summed E-state index contributed by atoms with van der Waals surface area (Å²) in [6, 6.07) is 32.1. The van der Waals surface area contributed by atoms with Crippen LogP contribution in [0, 0.1) is 6.92 Å². The van der Waals surface area contributed by atoms with Crippen LogP contribution < -0.4 is 33.0 Å². The molecule has 1 aliphatic rings. The monoisotopic (exact) mass is 524 g/mol. The van der Waals surface area contributed by atoms with Crippen molar-refractivity contribution in [2.24, 2.45) is 0 Å². The zero-order chi connectivity index (χ0) is 22.7. The van der Waals surface area contributed by atoms with Crippen LogP contribution in [0.5, 0.6) is 0 Å². The normalized spacial score (nSPS) is 15.1. The van der Waals surface area contributed by atoms with E-state index in [1.807, 2.05) is 24.4 Å². The summed E-state index contributed by atoms with van der Waals surface area (Å²) in [5, 5.41) is 2.59. The zero-order valence-corrected chi connectivity index (χ0v) is 21.5. The topological polar surface area (TPSA) is 25.8 Å². The molecule has 0 saturated carbocycles. The second-order valence-corrected chi connectivity index (χ2v) is 11.7. The lowest BCUT2D eigenvalue weighted by atomic mass is 10.1. The van der Waals surface area contributed by atoms with E-state index in [2.05, 4.69) is 116 Å². The number of pyridine rings is 2. The summed E-state index contributed by atoms with van der Waals surface area (Å²) in [6.07, 6.45) is 10.5. The largest absolute Gasteiger partial charge is 1.00 e. The van der Waals surface area contributed by atoms with E-state index in [1.165, 1.54) is 10.6 Å². The van der Waals surface area contributed by atoms with Gasteiger partial charge in [-0.3, -0.25) is 4.98 Å². The smallest absolute Gasteiger partial charge is 0.194 e. The Morgan fingerprint density at radius 3 is 2.00 bits per heavy atom. The van der Waals surface area contributed by atoms with Crippen molar-refractivity contribution in [1.29, 1.82) is 0 Å². The number of allylic oxidation sites excluding steroid dienone is 5. The van der Waals surface area contributed by atoms with Gasteiger partial charge in [0.1, 0.15) is 23.5 Å². The molecular formula is C30H26BrN2P. The van der Waals surface area contributed by atoms with Crippen LogP contribution in [0.25, 0.3) is 11.4 Å². The van der Waals surface area contributed by atoms with Gasteiger partial charge in [0.05, 0.1) is 11.4 Å². The first-order chi connectivity index (χ1) is 16.2. The Bertz CT molecular complexity index is 1290. The summed E-state index contributed by atoms with van der Waals surface area (Å²) >= 11 is 0. The van der Waals surface area contributed by atoms with Crippen molar-refractivity contribution >= 4 is 23.3 Å². The minimum Gasteiger partial charge on any atom is -1.00 e. The van der Waals surface area contributed by atoms with Crippen molar-refractivity contribution in [2.75, 3.05) is 0 Å². The zero-order valence-electron chi connectivity index (χ0n) is 19.1. The van der Waals surface area contributed by atoms with Crippen molar-refractivity contribution in [3.05, 3.63) is 139 Å². The minimum atomic E-state index is -2.23. The van der Waals surface area contributed by atoms with Gasteiger partial charge in [-0.05, 0) is 60.5 Å². The average molecular weight is 525 g/mol. The highest BCUT2D eigenvalue weighted by Crippen LogP contribution is 2.62. The van der Waals surface area contributed by atoms with Crippen molar-refractivity contribution in [1.82, 2.24) is 9.97 Å². The molecule has 0 bridgehead atoms. The number of hydrogen-bond donors (Lipinski definition) is 0. The lowest BCUT2D eigenvalue weighted by molar-refractivity contribution is -0.00000651. The van der Waals surface area contributed by atoms with E-state index in [1.54, 1.807) is 0 Å². The predicted octanol–water partition coefficient (Wildman–Crippen LogP) is 2.80. The molecule has 2 nitrogen and oxygen atoms in total. The standard InChI is InChI=1S/C30H26N2P.BrH/c1-23-13-9-10-19-28(23)33(25-14-5-3-6-15-25,26-16-7-4-8-17-26)29-21-20-24(2)30(32-29)27-18-11-12-22-31-27;/h3-22,28H,1H2,2H3;1H/q+1;/p-1. The molecule has 0 amide bonds. The maximum Gasteiger partial charge on any atom is 0.194 e. The molecule has 1 aliphatic carbocycles. The number of aromatic nitrogens is 2. The molecule has 168 valence electrons. The third kappa shape index (κ3) is 4.22. The van der Waals surface area contributed by atoms with Gasteiger partial charge < -0.3 is 17.0 Å². The van der Waals surface area contributed by atoms with Crippen LogP contribution in [0.2, 0.25) is 0 Å². The molecule has 0 N–H and O–H groups in total. The molecule has 34 heavy (non-hydrogen) atoms. The summed E-state index contributed by atoms with van der Waals surface area (Å²) < 4.78 is 0. The van der Waals surface area contributed by atoms with E-state index >= 15 is 0 Å². The molecule has 4 aromatic rings. The molecule has 1 atom stereocenters. The molecule has 0 fully saturated rings. The summed E-state index contributed by atoms with van der Waals surface area (Å²) in [5.41, 5.74) is 5.28. The molecule has 0 saturated heterocycles. The van der Waals surface area contributed by atoms with Crippen molar-refractivity contribution in [2.45, 2.75) is 12.6 Å².